The highest BCUT2D eigenvalue weighted by molar-refractivity contribution is 7.92. The Labute approximate surface area is 258 Å². The molecule has 12 heteroatoms. The lowest BCUT2D eigenvalue weighted by atomic mass is 10.0. The van der Waals surface area contributed by atoms with Gasteiger partial charge in [0.2, 0.25) is 15.9 Å². The molecule has 0 unspecified atom stereocenters. The van der Waals surface area contributed by atoms with Crippen LogP contribution in [0.3, 0.4) is 0 Å². The van der Waals surface area contributed by atoms with Crippen molar-refractivity contribution >= 4 is 33.4 Å². The summed E-state index contributed by atoms with van der Waals surface area (Å²) >= 11 is 0. The van der Waals surface area contributed by atoms with Gasteiger partial charge in [-0.3, -0.25) is 18.7 Å². The quantitative estimate of drug-likeness (QED) is 0.217. The number of nitrogens with one attached hydrogen (secondary N) is 4. The molecule has 3 amide bonds. The molecule has 236 valence electrons. The zero-order valence-electron chi connectivity index (χ0n) is 25.6. The molecular formula is C32H40FN5O5S. The summed E-state index contributed by atoms with van der Waals surface area (Å²) in [5.41, 5.74) is 1.90. The smallest absolute Gasteiger partial charge is 0.251 e. The highest BCUT2D eigenvalue weighted by atomic mass is 32.2. The van der Waals surface area contributed by atoms with Crippen molar-refractivity contribution in [2.45, 2.75) is 45.3 Å². The van der Waals surface area contributed by atoms with Gasteiger partial charge in [-0.25, -0.2) is 12.8 Å². The molecular weight excluding hydrogens is 585 g/mol. The van der Waals surface area contributed by atoms with Gasteiger partial charge in [-0.2, -0.15) is 0 Å². The van der Waals surface area contributed by atoms with Gasteiger partial charge >= 0.3 is 0 Å². The van der Waals surface area contributed by atoms with E-state index in [0.717, 1.165) is 16.1 Å². The molecule has 0 fully saturated rings. The molecule has 0 aliphatic heterocycles. The third kappa shape index (κ3) is 9.88. The van der Waals surface area contributed by atoms with Crippen LogP contribution >= 0.6 is 0 Å². The summed E-state index contributed by atoms with van der Waals surface area (Å²) in [4.78, 5) is 39.2. The second-order valence-corrected chi connectivity index (χ2v) is 12.6. The Morgan fingerprint density at radius 2 is 1.48 bits per heavy atom. The van der Waals surface area contributed by atoms with Crippen LogP contribution in [0.5, 0.6) is 0 Å². The Kier molecular flexibility index (Phi) is 12.0. The highest BCUT2D eigenvalue weighted by Crippen LogP contribution is 2.22. The average Bonchev–Trinajstić information content (AvgIpc) is 2.99. The van der Waals surface area contributed by atoms with Crippen molar-refractivity contribution < 1.29 is 27.2 Å². The molecule has 0 bridgehead atoms. The molecule has 0 heterocycles. The van der Waals surface area contributed by atoms with Gasteiger partial charge in [0.25, 0.3) is 11.8 Å². The second kappa shape index (κ2) is 15.4. The molecule has 3 aromatic rings. The van der Waals surface area contributed by atoms with E-state index in [-0.39, 0.29) is 29.3 Å². The summed E-state index contributed by atoms with van der Waals surface area (Å²) in [5.74, 6) is -1.64. The van der Waals surface area contributed by atoms with Gasteiger partial charge in [0.1, 0.15) is 5.82 Å². The van der Waals surface area contributed by atoms with Crippen molar-refractivity contribution in [2.24, 2.45) is 0 Å². The molecule has 44 heavy (non-hydrogen) atoms. The highest BCUT2D eigenvalue weighted by Gasteiger charge is 2.22. The number of anilines is 1. The first-order valence-electron chi connectivity index (χ1n) is 14.3. The number of likely N-dealkylation sites (N-methyl/N-ethyl adjacent to an activating group) is 1. The van der Waals surface area contributed by atoms with E-state index in [2.05, 4.69) is 21.3 Å². The van der Waals surface area contributed by atoms with E-state index in [0.29, 0.717) is 18.5 Å². The zero-order valence-corrected chi connectivity index (χ0v) is 26.4. The normalized spacial score (nSPS) is 13.3. The fourth-order valence-electron chi connectivity index (χ4n) is 4.44. The number of amides is 3. The number of halogens is 1. The van der Waals surface area contributed by atoms with Crippen molar-refractivity contribution in [1.29, 1.82) is 0 Å². The van der Waals surface area contributed by atoms with Crippen molar-refractivity contribution in [3.63, 3.8) is 0 Å². The lowest BCUT2D eigenvalue weighted by Gasteiger charge is -2.23. The van der Waals surface area contributed by atoms with Crippen LogP contribution in [0.15, 0.2) is 72.8 Å². The van der Waals surface area contributed by atoms with E-state index < -0.39 is 45.8 Å². The summed E-state index contributed by atoms with van der Waals surface area (Å²) in [6.07, 6.45) is 1.47. The lowest BCUT2D eigenvalue weighted by Crippen LogP contribution is -2.49. The number of rotatable bonds is 14. The third-order valence-corrected chi connectivity index (χ3v) is 8.30. The topological polar surface area (TPSA) is 137 Å². The minimum Gasteiger partial charge on any atom is -0.355 e. The van der Waals surface area contributed by atoms with Crippen LogP contribution in [0, 0.1) is 5.82 Å². The molecule has 0 aromatic heterocycles. The second-order valence-electron chi connectivity index (χ2n) is 10.6. The van der Waals surface area contributed by atoms with E-state index in [1.165, 1.54) is 37.4 Å². The van der Waals surface area contributed by atoms with Gasteiger partial charge in [0.15, 0.2) is 0 Å². The summed E-state index contributed by atoms with van der Waals surface area (Å²) in [6.45, 7) is 6.05. The van der Waals surface area contributed by atoms with E-state index in [4.69, 9.17) is 0 Å². The third-order valence-electron chi connectivity index (χ3n) is 7.10. The predicted molar refractivity (Wildman–Crippen MR) is 170 cm³/mol. The summed E-state index contributed by atoms with van der Waals surface area (Å²) < 4.78 is 39.1. The molecule has 3 rings (SSSR count). The number of nitrogens with zero attached hydrogens (tertiary/aromatic N) is 1. The molecule has 0 spiro atoms. The number of carbonyl (C=O) groups is 3. The van der Waals surface area contributed by atoms with Gasteiger partial charge in [-0.05, 0) is 68.7 Å². The molecule has 0 aliphatic rings. The fraction of sp³-hybridized carbons (Fsp3) is 0.344. The van der Waals surface area contributed by atoms with Crippen molar-refractivity contribution in [3.05, 3.63) is 101 Å². The maximum absolute atomic E-state index is 13.6. The van der Waals surface area contributed by atoms with E-state index in [1.807, 2.05) is 37.3 Å². The minimum atomic E-state index is -3.72. The van der Waals surface area contributed by atoms with E-state index in [1.54, 1.807) is 26.0 Å². The molecule has 10 nitrogen and oxygen atoms in total. The standard InChI is InChI=1S/C32H40FN5O5S/c1-6-34-30(39)22(3)35-20-28(16-23-10-8-7-9-11-23)37-32(41)26-17-25(18-29(19-26)38(4)44(5,42)43)31(40)36-21(2)24-12-14-27(33)15-13-24/h7-15,17-19,21-22,28,35H,6,16,20H2,1-5H3,(H,34,39)(H,36,40)(H,37,41)/t21-,22+,28+/m1/s1. The largest absolute Gasteiger partial charge is 0.355 e. The van der Waals surface area contributed by atoms with E-state index in [9.17, 15) is 27.2 Å². The van der Waals surface area contributed by atoms with Crippen LogP contribution in [0.4, 0.5) is 10.1 Å². The van der Waals surface area contributed by atoms with Crippen molar-refractivity contribution in [3.8, 4) is 0 Å². The predicted octanol–water partition coefficient (Wildman–Crippen LogP) is 3.17. The van der Waals surface area contributed by atoms with Gasteiger partial charge in [-0.1, -0.05) is 42.5 Å². The Bertz CT molecular complexity index is 1550. The minimum absolute atomic E-state index is 0.0692. The van der Waals surface area contributed by atoms with Gasteiger partial charge in [-0.15, -0.1) is 0 Å². The van der Waals surface area contributed by atoms with Crippen LogP contribution in [-0.4, -0.2) is 64.6 Å². The van der Waals surface area contributed by atoms with Crippen LogP contribution in [0.25, 0.3) is 0 Å². The average molecular weight is 626 g/mol. The number of sulfonamides is 1. The molecule has 0 aliphatic carbocycles. The monoisotopic (exact) mass is 625 g/mol. The summed E-state index contributed by atoms with van der Waals surface area (Å²) in [6, 6.07) is 18.0. The van der Waals surface area contributed by atoms with E-state index >= 15 is 0 Å². The number of hydrogen-bond donors (Lipinski definition) is 4. The fourth-order valence-corrected chi connectivity index (χ4v) is 4.93. The molecule has 0 saturated heterocycles. The summed E-state index contributed by atoms with van der Waals surface area (Å²) in [7, 11) is -2.39. The van der Waals surface area contributed by atoms with Crippen molar-refractivity contribution in [2.75, 3.05) is 30.7 Å². The number of carbonyl (C=O) groups excluding carboxylic acids is 3. The lowest BCUT2D eigenvalue weighted by molar-refractivity contribution is -0.122. The Balaban J connectivity index is 1.90. The van der Waals surface area contributed by atoms with Crippen LogP contribution in [0.2, 0.25) is 0 Å². The first kappa shape index (κ1) is 34.2. The number of hydrogen-bond acceptors (Lipinski definition) is 6. The van der Waals surface area contributed by atoms with Crippen LogP contribution < -0.4 is 25.6 Å². The molecule has 3 aromatic carbocycles. The molecule has 0 saturated carbocycles. The van der Waals surface area contributed by atoms with Gasteiger partial charge in [0.05, 0.1) is 24.0 Å². The van der Waals surface area contributed by atoms with Crippen molar-refractivity contribution in [1.82, 2.24) is 21.3 Å². The number of benzene rings is 3. The Morgan fingerprint density at radius 3 is 2.05 bits per heavy atom. The maximum Gasteiger partial charge on any atom is 0.251 e. The first-order valence-corrected chi connectivity index (χ1v) is 16.1. The molecule has 4 N–H and O–H groups in total. The molecule has 3 atom stereocenters. The zero-order chi connectivity index (χ0) is 32.4. The first-order chi connectivity index (χ1) is 20.8. The Morgan fingerprint density at radius 1 is 0.886 bits per heavy atom. The van der Waals surface area contributed by atoms with Crippen LogP contribution in [0.1, 0.15) is 58.7 Å². The Hall–Kier alpha value is -4.29. The van der Waals surface area contributed by atoms with Gasteiger partial charge in [0, 0.05) is 37.3 Å². The molecule has 0 radical (unpaired) electrons. The van der Waals surface area contributed by atoms with Gasteiger partial charge < -0.3 is 21.3 Å². The van der Waals surface area contributed by atoms with Crippen LogP contribution in [-0.2, 0) is 21.2 Å². The SMILES string of the molecule is CCNC(=O)[C@H](C)NC[C@H](Cc1ccccc1)NC(=O)c1cc(C(=O)N[C@H](C)c2ccc(F)cc2)cc(N(C)S(C)(=O)=O)c1. The maximum atomic E-state index is 13.6. The summed E-state index contributed by atoms with van der Waals surface area (Å²) in [5, 5.41) is 11.7.